The molecule has 2 fully saturated rings. The van der Waals surface area contributed by atoms with E-state index in [-0.39, 0.29) is 12.5 Å². The Bertz CT molecular complexity index is 542. The van der Waals surface area contributed by atoms with Gasteiger partial charge in [-0.2, -0.15) is 0 Å². The summed E-state index contributed by atoms with van der Waals surface area (Å²) < 4.78 is 5.19. The van der Waals surface area contributed by atoms with Crippen molar-refractivity contribution in [2.45, 2.75) is 38.3 Å². The van der Waals surface area contributed by atoms with Crippen LogP contribution in [0, 0.1) is 5.92 Å². The van der Waals surface area contributed by atoms with Gasteiger partial charge in [-0.15, -0.1) is 0 Å². The van der Waals surface area contributed by atoms with Gasteiger partial charge in [-0.05, 0) is 55.8 Å². The van der Waals surface area contributed by atoms with Crippen molar-refractivity contribution >= 4 is 5.91 Å². The van der Waals surface area contributed by atoms with Gasteiger partial charge in [0.1, 0.15) is 5.75 Å². The molecule has 1 N–H and O–H groups in total. The number of nitrogens with zero attached hydrogens (tertiary/aromatic N) is 2. The molecule has 132 valence electrons. The monoisotopic (exact) mass is 332 g/mol. The van der Waals surface area contributed by atoms with Gasteiger partial charge in [0.05, 0.1) is 13.7 Å². The molecule has 1 aromatic carbocycles. The van der Waals surface area contributed by atoms with Crippen molar-refractivity contribution < 1.29 is 14.6 Å². The molecular formula is C19H28N2O3. The van der Waals surface area contributed by atoms with E-state index in [1.165, 1.54) is 0 Å². The van der Waals surface area contributed by atoms with E-state index in [0.29, 0.717) is 25.0 Å². The molecule has 0 radical (unpaired) electrons. The highest BCUT2D eigenvalue weighted by atomic mass is 16.5. The van der Waals surface area contributed by atoms with Gasteiger partial charge in [-0.25, -0.2) is 0 Å². The Morgan fingerprint density at radius 1 is 1.29 bits per heavy atom. The van der Waals surface area contributed by atoms with Crippen molar-refractivity contribution in [3.8, 4) is 5.75 Å². The predicted molar refractivity (Wildman–Crippen MR) is 92.8 cm³/mol. The van der Waals surface area contributed by atoms with Crippen LogP contribution < -0.4 is 4.74 Å². The Kier molecular flexibility index (Phi) is 5.74. The summed E-state index contributed by atoms with van der Waals surface area (Å²) in [6, 6.07) is 8.36. The number of amides is 1. The van der Waals surface area contributed by atoms with Crippen molar-refractivity contribution in [2.24, 2.45) is 5.92 Å². The summed E-state index contributed by atoms with van der Waals surface area (Å²) in [6.45, 7) is 3.17. The van der Waals surface area contributed by atoms with Crippen LogP contribution in [0.2, 0.25) is 0 Å². The van der Waals surface area contributed by atoms with Crippen molar-refractivity contribution in [3.05, 3.63) is 29.8 Å². The number of carbonyl (C=O) groups excluding carboxylic acids is 1. The minimum absolute atomic E-state index is 0.215. The molecule has 1 unspecified atom stereocenters. The van der Waals surface area contributed by atoms with Crippen LogP contribution in [0.4, 0.5) is 0 Å². The lowest BCUT2D eigenvalue weighted by atomic mass is 9.99. The van der Waals surface area contributed by atoms with E-state index in [2.05, 4.69) is 4.90 Å². The summed E-state index contributed by atoms with van der Waals surface area (Å²) in [5.74, 6) is 1.38. The number of aliphatic hydroxyl groups excluding tert-OH is 1. The van der Waals surface area contributed by atoms with Crippen LogP contribution in [-0.4, -0.2) is 60.2 Å². The van der Waals surface area contributed by atoms with Crippen LogP contribution in [0.3, 0.4) is 0 Å². The zero-order chi connectivity index (χ0) is 16.9. The van der Waals surface area contributed by atoms with E-state index in [0.717, 1.165) is 50.1 Å². The van der Waals surface area contributed by atoms with Gasteiger partial charge in [0.2, 0.25) is 5.91 Å². The van der Waals surface area contributed by atoms with E-state index >= 15 is 0 Å². The quantitative estimate of drug-likeness (QED) is 0.828. The van der Waals surface area contributed by atoms with Crippen LogP contribution in [-0.2, 0) is 11.3 Å². The average Bonchev–Trinajstić information content (AvgIpc) is 3.45. The van der Waals surface area contributed by atoms with Gasteiger partial charge in [0.25, 0.3) is 0 Å². The van der Waals surface area contributed by atoms with E-state index in [1.54, 1.807) is 7.11 Å². The Hall–Kier alpha value is -1.59. The van der Waals surface area contributed by atoms with Gasteiger partial charge >= 0.3 is 0 Å². The number of rotatable bonds is 7. The Labute approximate surface area is 144 Å². The van der Waals surface area contributed by atoms with Gasteiger partial charge in [0, 0.05) is 25.7 Å². The van der Waals surface area contributed by atoms with Crippen LogP contribution in [0.1, 0.15) is 31.2 Å². The third kappa shape index (κ3) is 4.48. The van der Waals surface area contributed by atoms with Gasteiger partial charge in [-0.3, -0.25) is 9.69 Å². The number of benzene rings is 1. The lowest BCUT2D eigenvalue weighted by Gasteiger charge is -2.33. The predicted octanol–water partition coefficient (Wildman–Crippen LogP) is 1.89. The number of likely N-dealkylation sites (tertiary alicyclic amines) is 1. The molecule has 24 heavy (non-hydrogen) atoms. The maximum atomic E-state index is 12.8. The maximum absolute atomic E-state index is 12.8. The molecule has 1 aromatic rings. The molecule has 5 nitrogen and oxygen atoms in total. The summed E-state index contributed by atoms with van der Waals surface area (Å²) in [5.41, 5.74) is 1.14. The van der Waals surface area contributed by atoms with Crippen LogP contribution in [0.5, 0.6) is 5.75 Å². The standard InChI is InChI=1S/C19H28N2O3/c1-24-18-8-4-15(5-9-18)12-21(17-6-7-17)19(23)13-20-10-2-3-16(11-20)14-22/h4-5,8-9,16-17,22H,2-3,6-7,10-14H2,1H3. The van der Waals surface area contributed by atoms with E-state index in [9.17, 15) is 9.90 Å². The summed E-state index contributed by atoms with van der Waals surface area (Å²) in [5, 5.41) is 9.36. The Balaban J connectivity index is 1.59. The first-order valence-corrected chi connectivity index (χ1v) is 8.95. The lowest BCUT2D eigenvalue weighted by molar-refractivity contribution is -0.134. The molecule has 1 atom stereocenters. The highest BCUT2D eigenvalue weighted by Gasteiger charge is 2.33. The highest BCUT2D eigenvalue weighted by molar-refractivity contribution is 5.79. The fraction of sp³-hybridized carbons (Fsp3) is 0.632. The molecule has 0 bridgehead atoms. The van der Waals surface area contributed by atoms with Crippen LogP contribution >= 0.6 is 0 Å². The van der Waals surface area contributed by atoms with E-state index < -0.39 is 0 Å². The number of hydrogen-bond acceptors (Lipinski definition) is 4. The third-order valence-corrected chi connectivity index (χ3v) is 5.04. The number of hydrogen-bond donors (Lipinski definition) is 1. The minimum atomic E-state index is 0.215. The lowest BCUT2D eigenvalue weighted by Crippen LogP contribution is -2.45. The molecule has 0 aromatic heterocycles. The molecule has 1 heterocycles. The van der Waals surface area contributed by atoms with E-state index in [1.807, 2.05) is 29.2 Å². The van der Waals surface area contributed by atoms with Crippen LogP contribution in [0.25, 0.3) is 0 Å². The van der Waals surface area contributed by atoms with Gasteiger partial charge in [0.15, 0.2) is 0 Å². The SMILES string of the molecule is COc1ccc(CN(C(=O)CN2CCCC(CO)C2)C2CC2)cc1. The number of carbonyl (C=O) groups is 1. The fourth-order valence-corrected chi connectivity index (χ4v) is 3.46. The van der Waals surface area contributed by atoms with Gasteiger partial charge in [-0.1, -0.05) is 12.1 Å². The number of methoxy groups -OCH3 is 1. The first-order valence-electron chi connectivity index (χ1n) is 8.95. The molecule has 5 heteroatoms. The largest absolute Gasteiger partial charge is 0.497 e. The molecule has 3 rings (SSSR count). The van der Waals surface area contributed by atoms with Crippen molar-refractivity contribution in [2.75, 3.05) is 33.4 Å². The van der Waals surface area contributed by atoms with Crippen molar-refractivity contribution in [3.63, 3.8) is 0 Å². The second-order valence-corrected chi connectivity index (χ2v) is 7.03. The molecule has 1 saturated carbocycles. The first-order chi connectivity index (χ1) is 11.7. The summed E-state index contributed by atoms with van der Waals surface area (Å²) in [7, 11) is 1.66. The Morgan fingerprint density at radius 3 is 2.67 bits per heavy atom. The first kappa shape index (κ1) is 17.2. The minimum Gasteiger partial charge on any atom is -0.497 e. The number of piperidine rings is 1. The smallest absolute Gasteiger partial charge is 0.237 e. The molecule has 1 amide bonds. The summed E-state index contributed by atoms with van der Waals surface area (Å²) >= 11 is 0. The molecule has 1 aliphatic carbocycles. The van der Waals surface area contributed by atoms with Gasteiger partial charge < -0.3 is 14.7 Å². The second kappa shape index (κ2) is 7.99. The summed E-state index contributed by atoms with van der Waals surface area (Å²) in [4.78, 5) is 17.0. The van der Waals surface area contributed by atoms with Crippen molar-refractivity contribution in [1.29, 1.82) is 0 Å². The van der Waals surface area contributed by atoms with E-state index in [4.69, 9.17) is 4.74 Å². The zero-order valence-electron chi connectivity index (χ0n) is 14.5. The molecule has 2 aliphatic rings. The molecule has 1 aliphatic heterocycles. The molecule has 0 spiro atoms. The molecular weight excluding hydrogens is 304 g/mol. The average molecular weight is 332 g/mol. The number of ether oxygens (including phenoxy) is 1. The second-order valence-electron chi connectivity index (χ2n) is 7.03. The maximum Gasteiger partial charge on any atom is 0.237 e. The molecule has 1 saturated heterocycles. The third-order valence-electron chi connectivity index (χ3n) is 5.04. The normalized spacial score (nSPS) is 21.5. The Morgan fingerprint density at radius 2 is 2.04 bits per heavy atom. The fourth-order valence-electron chi connectivity index (χ4n) is 3.46. The number of aliphatic hydroxyl groups is 1. The van der Waals surface area contributed by atoms with Crippen molar-refractivity contribution in [1.82, 2.24) is 9.80 Å². The highest BCUT2D eigenvalue weighted by Crippen LogP contribution is 2.29. The van der Waals surface area contributed by atoms with Crippen LogP contribution in [0.15, 0.2) is 24.3 Å². The zero-order valence-corrected chi connectivity index (χ0v) is 14.5. The topological polar surface area (TPSA) is 53.0 Å². The summed E-state index contributed by atoms with van der Waals surface area (Å²) in [6.07, 6.45) is 4.36.